The Morgan fingerprint density at radius 3 is 1.37 bits per heavy atom. The third-order valence-corrected chi connectivity index (χ3v) is 12.7. The third-order valence-electron chi connectivity index (χ3n) is 12.7. The lowest BCUT2D eigenvalue weighted by Gasteiger charge is -2.27. The van der Waals surface area contributed by atoms with Crippen LogP contribution in [0.25, 0.3) is 77.2 Å². The van der Waals surface area contributed by atoms with E-state index in [2.05, 4.69) is 243 Å². The van der Waals surface area contributed by atoms with Gasteiger partial charge in [-0.3, -0.25) is 0 Å². The lowest BCUT2D eigenvalue weighted by atomic mass is 9.82. The van der Waals surface area contributed by atoms with Gasteiger partial charge in [0.2, 0.25) is 0 Å². The van der Waals surface area contributed by atoms with Crippen molar-refractivity contribution in [1.29, 1.82) is 0 Å². The van der Waals surface area contributed by atoms with Gasteiger partial charge in [0, 0.05) is 22.5 Å². The summed E-state index contributed by atoms with van der Waals surface area (Å²) < 4.78 is 0. The SMILES string of the molecule is CC1(C)c2ccccc2-c2c(-c3ccc(N(c4ccc(-c5cccc6ccccc56)cc4)c4cccc(-c5ccc(-c6cccc7ccccc67)cc5)c4)cc3)cccc21. The molecule has 0 aliphatic heterocycles. The summed E-state index contributed by atoms with van der Waals surface area (Å²) in [5, 5.41) is 5.04. The average Bonchev–Trinajstić information content (AvgIpc) is 3.55. The standard InChI is InChI=1S/C59H43N/c1-59(2)56-25-8-7-21-55(56)58-54(24-12-26-57(58)59)45-33-37-48(38-34-45)60(47-35-31-44(32-36-47)53-23-11-16-42-14-4-6-20-51(42)53)49-18-9-17-46(39-49)40-27-29-43(30-28-40)52-22-10-15-41-13-3-5-19-50(41)52/h3-39H,1-2H3. The maximum atomic E-state index is 2.39. The average molecular weight is 766 g/mol. The van der Waals surface area contributed by atoms with Crippen molar-refractivity contribution < 1.29 is 0 Å². The van der Waals surface area contributed by atoms with Gasteiger partial charge in [-0.05, 0) is 125 Å². The fraction of sp³-hybridized carbons (Fsp3) is 0.0508. The molecular formula is C59H43N. The van der Waals surface area contributed by atoms with E-state index in [4.69, 9.17) is 0 Å². The van der Waals surface area contributed by atoms with Crippen molar-refractivity contribution in [2.24, 2.45) is 0 Å². The van der Waals surface area contributed by atoms with E-state index < -0.39 is 0 Å². The van der Waals surface area contributed by atoms with Crippen molar-refractivity contribution in [2.45, 2.75) is 19.3 Å². The monoisotopic (exact) mass is 765 g/mol. The van der Waals surface area contributed by atoms with Gasteiger partial charge in [0.05, 0.1) is 0 Å². The Bertz CT molecular complexity index is 3200. The van der Waals surface area contributed by atoms with Crippen LogP contribution in [0.1, 0.15) is 25.0 Å². The highest BCUT2D eigenvalue weighted by atomic mass is 15.1. The maximum absolute atomic E-state index is 2.39. The van der Waals surface area contributed by atoms with Crippen molar-refractivity contribution in [3.63, 3.8) is 0 Å². The second-order valence-corrected chi connectivity index (χ2v) is 16.5. The summed E-state index contributed by atoms with van der Waals surface area (Å²) in [5.41, 5.74) is 18.5. The number of nitrogens with zero attached hydrogens (tertiary/aromatic N) is 1. The Hall–Kier alpha value is -7.48. The first-order chi connectivity index (χ1) is 29.5. The van der Waals surface area contributed by atoms with Crippen molar-refractivity contribution in [2.75, 3.05) is 4.90 Å². The van der Waals surface area contributed by atoms with Gasteiger partial charge in [-0.25, -0.2) is 0 Å². The summed E-state index contributed by atoms with van der Waals surface area (Å²) in [4.78, 5) is 2.39. The van der Waals surface area contributed by atoms with Crippen LogP contribution in [0.2, 0.25) is 0 Å². The predicted molar refractivity (Wildman–Crippen MR) is 255 cm³/mol. The van der Waals surface area contributed by atoms with Gasteiger partial charge in [0.15, 0.2) is 0 Å². The van der Waals surface area contributed by atoms with Crippen molar-refractivity contribution in [1.82, 2.24) is 0 Å². The molecule has 1 heteroatoms. The summed E-state index contributed by atoms with van der Waals surface area (Å²) in [5.74, 6) is 0. The molecule has 0 heterocycles. The molecule has 0 fully saturated rings. The second kappa shape index (κ2) is 14.4. The minimum atomic E-state index is -0.0435. The number of anilines is 3. The highest BCUT2D eigenvalue weighted by Gasteiger charge is 2.36. The van der Waals surface area contributed by atoms with E-state index in [9.17, 15) is 0 Å². The lowest BCUT2D eigenvalue weighted by molar-refractivity contribution is 0.660. The molecule has 10 aromatic rings. The molecule has 0 atom stereocenters. The van der Waals surface area contributed by atoms with Crippen LogP contribution in [-0.4, -0.2) is 0 Å². The molecule has 0 N–H and O–H groups in total. The zero-order chi connectivity index (χ0) is 40.2. The number of benzene rings is 10. The third kappa shape index (κ3) is 6.01. The fourth-order valence-corrected chi connectivity index (χ4v) is 9.64. The molecule has 1 aliphatic carbocycles. The van der Waals surface area contributed by atoms with Gasteiger partial charge in [-0.2, -0.15) is 0 Å². The molecule has 0 radical (unpaired) electrons. The number of hydrogen-bond acceptors (Lipinski definition) is 1. The van der Waals surface area contributed by atoms with Crippen LogP contribution in [0.15, 0.2) is 224 Å². The molecule has 0 bridgehead atoms. The Morgan fingerprint density at radius 2 is 0.733 bits per heavy atom. The second-order valence-electron chi connectivity index (χ2n) is 16.5. The summed E-state index contributed by atoms with van der Waals surface area (Å²) in [6.45, 7) is 4.70. The summed E-state index contributed by atoms with van der Waals surface area (Å²) in [6.07, 6.45) is 0. The minimum Gasteiger partial charge on any atom is -0.310 e. The van der Waals surface area contributed by atoms with Crippen molar-refractivity contribution >= 4 is 38.6 Å². The Balaban J connectivity index is 0.991. The summed E-state index contributed by atoms with van der Waals surface area (Å²) in [6, 6.07) is 82.3. The molecule has 1 aliphatic rings. The molecule has 0 spiro atoms. The van der Waals surface area contributed by atoms with E-state index in [0.717, 1.165) is 17.1 Å². The van der Waals surface area contributed by atoms with Crippen LogP contribution in [0.5, 0.6) is 0 Å². The van der Waals surface area contributed by atoms with E-state index >= 15 is 0 Å². The summed E-state index contributed by atoms with van der Waals surface area (Å²) >= 11 is 0. The van der Waals surface area contributed by atoms with Gasteiger partial charge in [0.1, 0.15) is 0 Å². The Morgan fingerprint density at radius 1 is 0.300 bits per heavy atom. The fourth-order valence-electron chi connectivity index (χ4n) is 9.64. The molecule has 0 amide bonds. The quantitative estimate of drug-likeness (QED) is 0.156. The lowest BCUT2D eigenvalue weighted by Crippen LogP contribution is -2.14. The first-order valence-electron chi connectivity index (χ1n) is 20.9. The molecule has 0 unspecified atom stereocenters. The highest BCUT2D eigenvalue weighted by Crippen LogP contribution is 2.52. The molecule has 10 aromatic carbocycles. The van der Waals surface area contributed by atoms with Gasteiger partial charge in [0.25, 0.3) is 0 Å². The molecule has 0 saturated heterocycles. The molecule has 0 aromatic heterocycles. The van der Waals surface area contributed by atoms with Crippen molar-refractivity contribution in [3.8, 4) is 55.6 Å². The van der Waals surface area contributed by atoms with Crippen molar-refractivity contribution in [3.05, 3.63) is 236 Å². The van der Waals surface area contributed by atoms with E-state index in [-0.39, 0.29) is 5.41 Å². The number of rotatable bonds is 7. The van der Waals surface area contributed by atoms with E-state index in [1.54, 1.807) is 0 Å². The van der Waals surface area contributed by atoms with Crippen LogP contribution in [-0.2, 0) is 5.41 Å². The first kappa shape index (κ1) is 35.7. The maximum Gasteiger partial charge on any atom is 0.0467 e. The largest absolute Gasteiger partial charge is 0.310 e. The molecule has 284 valence electrons. The van der Waals surface area contributed by atoms with E-state index in [1.165, 1.54) is 88.3 Å². The van der Waals surface area contributed by atoms with E-state index in [0.29, 0.717) is 0 Å². The first-order valence-corrected chi connectivity index (χ1v) is 20.9. The van der Waals surface area contributed by atoms with Crippen LogP contribution < -0.4 is 4.90 Å². The Labute approximate surface area is 352 Å². The number of hydrogen-bond donors (Lipinski definition) is 0. The van der Waals surface area contributed by atoms with Gasteiger partial charge >= 0.3 is 0 Å². The summed E-state index contributed by atoms with van der Waals surface area (Å²) in [7, 11) is 0. The smallest absolute Gasteiger partial charge is 0.0467 e. The van der Waals surface area contributed by atoms with E-state index in [1.807, 2.05) is 0 Å². The number of fused-ring (bicyclic) bond motifs is 5. The van der Waals surface area contributed by atoms with Crippen LogP contribution >= 0.6 is 0 Å². The highest BCUT2D eigenvalue weighted by molar-refractivity contribution is 5.98. The Kier molecular flexibility index (Phi) is 8.57. The van der Waals surface area contributed by atoms with Crippen LogP contribution in [0.3, 0.4) is 0 Å². The van der Waals surface area contributed by atoms with Gasteiger partial charge in [-0.15, -0.1) is 0 Å². The van der Waals surface area contributed by atoms with Crippen LogP contribution in [0.4, 0.5) is 17.1 Å². The van der Waals surface area contributed by atoms with Gasteiger partial charge < -0.3 is 4.90 Å². The zero-order valence-electron chi connectivity index (χ0n) is 33.8. The minimum absolute atomic E-state index is 0.0435. The molecule has 11 rings (SSSR count). The zero-order valence-corrected chi connectivity index (χ0v) is 33.8. The normalized spacial score (nSPS) is 12.6. The van der Waals surface area contributed by atoms with Gasteiger partial charge in [-0.1, -0.05) is 202 Å². The predicted octanol–water partition coefficient (Wildman–Crippen LogP) is 16.4. The molecule has 60 heavy (non-hydrogen) atoms. The topological polar surface area (TPSA) is 3.24 Å². The molecule has 0 saturated carbocycles. The molecule has 1 nitrogen and oxygen atoms in total. The van der Waals surface area contributed by atoms with Crippen LogP contribution in [0, 0.1) is 0 Å². The molecular weight excluding hydrogens is 723 g/mol.